The van der Waals surface area contributed by atoms with Crippen LogP contribution in [0.15, 0.2) is 59.0 Å². The molecule has 0 aliphatic carbocycles. The molecular formula is C18H13ClINO2. The van der Waals surface area contributed by atoms with Crippen molar-refractivity contribution in [3.8, 4) is 11.3 Å². The van der Waals surface area contributed by atoms with E-state index in [4.69, 9.17) is 16.0 Å². The highest BCUT2D eigenvalue weighted by Crippen LogP contribution is 2.29. The fraction of sp³-hybridized carbons (Fsp3) is 0.0556. The molecule has 1 N–H and O–H groups in total. The maximum absolute atomic E-state index is 12.3. The quantitative estimate of drug-likeness (QED) is 0.529. The van der Waals surface area contributed by atoms with Gasteiger partial charge in [0.15, 0.2) is 5.76 Å². The molecule has 0 fully saturated rings. The maximum Gasteiger partial charge on any atom is 0.291 e. The molecule has 1 aromatic heterocycles. The van der Waals surface area contributed by atoms with E-state index in [1.165, 1.54) is 0 Å². The number of benzene rings is 2. The molecule has 1 heterocycles. The van der Waals surface area contributed by atoms with Gasteiger partial charge in [-0.1, -0.05) is 23.7 Å². The summed E-state index contributed by atoms with van der Waals surface area (Å²) in [6.07, 6.45) is 0. The highest BCUT2D eigenvalue weighted by atomic mass is 127. The molecule has 23 heavy (non-hydrogen) atoms. The number of furan rings is 1. The first-order valence-corrected chi connectivity index (χ1v) is 8.42. The first-order valence-electron chi connectivity index (χ1n) is 6.97. The minimum Gasteiger partial charge on any atom is -0.451 e. The molecule has 0 bridgehead atoms. The standard InChI is InChI=1S/C18H13ClINO2/c1-11-14(3-2-4-15(11)19)16-9-10-17(23-16)18(22)21-13-7-5-12(20)6-8-13/h2-10H,1H3,(H,21,22). The first kappa shape index (κ1) is 16.1. The number of halogens is 2. The van der Waals surface area contributed by atoms with E-state index in [9.17, 15) is 4.79 Å². The summed E-state index contributed by atoms with van der Waals surface area (Å²) in [4.78, 5) is 12.3. The van der Waals surface area contributed by atoms with Crippen LogP contribution in [0, 0.1) is 10.5 Å². The zero-order valence-electron chi connectivity index (χ0n) is 12.3. The fourth-order valence-electron chi connectivity index (χ4n) is 2.20. The highest BCUT2D eigenvalue weighted by molar-refractivity contribution is 14.1. The highest BCUT2D eigenvalue weighted by Gasteiger charge is 2.14. The van der Waals surface area contributed by atoms with Gasteiger partial charge in [0.05, 0.1) is 0 Å². The summed E-state index contributed by atoms with van der Waals surface area (Å²) in [7, 11) is 0. The summed E-state index contributed by atoms with van der Waals surface area (Å²) in [6.45, 7) is 1.92. The van der Waals surface area contributed by atoms with Gasteiger partial charge in [-0.3, -0.25) is 4.79 Å². The van der Waals surface area contributed by atoms with E-state index in [-0.39, 0.29) is 11.7 Å². The monoisotopic (exact) mass is 437 g/mol. The summed E-state index contributed by atoms with van der Waals surface area (Å²) in [5, 5.41) is 3.48. The second-order valence-corrected chi connectivity index (χ2v) is 6.69. The summed E-state index contributed by atoms with van der Waals surface area (Å²) in [5.41, 5.74) is 2.53. The van der Waals surface area contributed by atoms with Gasteiger partial charge in [-0.15, -0.1) is 0 Å². The van der Waals surface area contributed by atoms with Crippen molar-refractivity contribution < 1.29 is 9.21 Å². The third-order valence-electron chi connectivity index (χ3n) is 3.47. The average Bonchev–Trinajstić information content (AvgIpc) is 3.02. The maximum atomic E-state index is 12.3. The Morgan fingerprint density at radius 1 is 1.09 bits per heavy atom. The Morgan fingerprint density at radius 3 is 2.57 bits per heavy atom. The molecule has 0 saturated carbocycles. The number of anilines is 1. The lowest BCUT2D eigenvalue weighted by molar-refractivity contribution is 0.0997. The smallest absolute Gasteiger partial charge is 0.291 e. The van der Waals surface area contributed by atoms with Gasteiger partial charge in [0.2, 0.25) is 0 Å². The fourth-order valence-corrected chi connectivity index (χ4v) is 2.74. The van der Waals surface area contributed by atoms with Crippen LogP contribution in [0.5, 0.6) is 0 Å². The Balaban J connectivity index is 1.82. The molecule has 0 atom stereocenters. The van der Waals surface area contributed by atoms with Crippen LogP contribution in [-0.2, 0) is 0 Å². The SMILES string of the molecule is Cc1c(Cl)cccc1-c1ccc(C(=O)Nc2ccc(I)cc2)o1. The lowest BCUT2D eigenvalue weighted by atomic mass is 10.1. The van der Waals surface area contributed by atoms with Gasteiger partial charge in [0.1, 0.15) is 5.76 Å². The molecular weight excluding hydrogens is 425 g/mol. The topological polar surface area (TPSA) is 42.2 Å². The van der Waals surface area contributed by atoms with Crippen molar-refractivity contribution in [2.45, 2.75) is 6.92 Å². The molecule has 0 saturated heterocycles. The van der Waals surface area contributed by atoms with E-state index in [0.29, 0.717) is 10.8 Å². The molecule has 0 aliphatic heterocycles. The van der Waals surface area contributed by atoms with E-state index < -0.39 is 0 Å². The van der Waals surface area contributed by atoms with E-state index >= 15 is 0 Å². The molecule has 3 rings (SSSR count). The van der Waals surface area contributed by atoms with Gasteiger partial charge < -0.3 is 9.73 Å². The molecule has 0 spiro atoms. The van der Waals surface area contributed by atoms with Crippen molar-refractivity contribution in [3.05, 3.63) is 74.5 Å². The van der Waals surface area contributed by atoms with Crippen molar-refractivity contribution in [1.82, 2.24) is 0 Å². The molecule has 5 heteroatoms. The number of nitrogens with one attached hydrogen (secondary N) is 1. The van der Waals surface area contributed by atoms with Gasteiger partial charge in [0, 0.05) is 19.8 Å². The molecule has 1 amide bonds. The summed E-state index contributed by atoms with van der Waals surface area (Å²) >= 11 is 8.35. The van der Waals surface area contributed by atoms with Crippen LogP contribution in [0.1, 0.15) is 16.1 Å². The second kappa shape index (κ2) is 6.76. The number of carbonyl (C=O) groups excluding carboxylic acids is 1. The van der Waals surface area contributed by atoms with Crippen molar-refractivity contribution in [3.63, 3.8) is 0 Å². The van der Waals surface area contributed by atoms with E-state index in [1.54, 1.807) is 12.1 Å². The molecule has 0 aliphatic rings. The number of hydrogen-bond donors (Lipinski definition) is 1. The average molecular weight is 438 g/mol. The predicted octanol–water partition coefficient (Wildman–Crippen LogP) is 5.77. The summed E-state index contributed by atoms with van der Waals surface area (Å²) in [5.74, 6) is 0.604. The molecule has 3 aromatic rings. The van der Waals surface area contributed by atoms with Gasteiger partial charge in [-0.05, 0) is 77.5 Å². The number of carbonyl (C=O) groups is 1. The molecule has 0 radical (unpaired) electrons. The van der Waals surface area contributed by atoms with Crippen molar-refractivity contribution in [2.24, 2.45) is 0 Å². The normalized spacial score (nSPS) is 10.6. The van der Waals surface area contributed by atoms with Crippen LogP contribution in [0.25, 0.3) is 11.3 Å². The van der Waals surface area contributed by atoms with Crippen molar-refractivity contribution in [1.29, 1.82) is 0 Å². The van der Waals surface area contributed by atoms with Crippen LogP contribution in [0.2, 0.25) is 5.02 Å². The first-order chi connectivity index (χ1) is 11.0. The third kappa shape index (κ3) is 3.59. The van der Waals surface area contributed by atoms with Crippen molar-refractivity contribution in [2.75, 3.05) is 5.32 Å². The molecule has 116 valence electrons. The summed E-state index contributed by atoms with van der Waals surface area (Å²) in [6, 6.07) is 16.6. The largest absolute Gasteiger partial charge is 0.451 e. The van der Waals surface area contributed by atoms with E-state index in [1.807, 2.05) is 49.4 Å². The van der Waals surface area contributed by atoms with Crippen LogP contribution < -0.4 is 5.32 Å². The van der Waals surface area contributed by atoms with E-state index in [2.05, 4.69) is 27.9 Å². The Hall–Kier alpha value is -1.79. The zero-order chi connectivity index (χ0) is 16.4. The van der Waals surface area contributed by atoms with E-state index in [0.717, 1.165) is 20.4 Å². The van der Waals surface area contributed by atoms with Gasteiger partial charge in [0.25, 0.3) is 5.91 Å². The lowest BCUT2D eigenvalue weighted by Crippen LogP contribution is -2.10. The minimum atomic E-state index is -0.280. The third-order valence-corrected chi connectivity index (χ3v) is 4.59. The Bertz CT molecular complexity index is 856. The van der Waals surface area contributed by atoms with Crippen molar-refractivity contribution >= 4 is 45.8 Å². The zero-order valence-corrected chi connectivity index (χ0v) is 15.2. The van der Waals surface area contributed by atoms with Gasteiger partial charge in [-0.2, -0.15) is 0 Å². The minimum absolute atomic E-state index is 0.262. The van der Waals surface area contributed by atoms with Gasteiger partial charge in [-0.25, -0.2) is 0 Å². The van der Waals surface area contributed by atoms with Gasteiger partial charge >= 0.3 is 0 Å². The van der Waals surface area contributed by atoms with Crippen LogP contribution in [0.3, 0.4) is 0 Å². The number of hydrogen-bond acceptors (Lipinski definition) is 2. The Morgan fingerprint density at radius 2 is 1.83 bits per heavy atom. The molecule has 0 unspecified atom stereocenters. The molecule has 2 aromatic carbocycles. The van der Waals surface area contributed by atoms with Crippen LogP contribution >= 0.6 is 34.2 Å². The lowest BCUT2D eigenvalue weighted by Gasteiger charge is -2.05. The Labute approximate surface area is 152 Å². The van der Waals surface area contributed by atoms with Crippen LogP contribution in [0.4, 0.5) is 5.69 Å². The second-order valence-electron chi connectivity index (χ2n) is 5.04. The number of rotatable bonds is 3. The van der Waals surface area contributed by atoms with Crippen LogP contribution in [-0.4, -0.2) is 5.91 Å². The predicted molar refractivity (Wildman–Crippen MR) is 101 cm³/mol. The molecule has 3 nitrogen and oxygen atoms in total. The Kier molecular flexibility index (Phi) is 4.73. The number of amides is 1. The summed E-state index contributed by atoms with van der Waals surface area (Å²) < 4.78 is 6.80.